The Balaban J connectivity index is 2.08. The van der Waals surface area contributed by atoms with Gasteiger partial charge in [0.15, 0.2) is 5.72 Å². The van der Waals surface area contributed by atoms with Gasteiger partial charge in [-0.1, -0.05) is 28.1 Å². The summed E-state index contributed by atoms with van der Waals surface area (Å²) in [6.07, 6.45) is -3.02. The Morgan fingerprint density at radius 1 is 1.28 bits per heavy atom. The van der Waals surface area contributed by atoms with Gasteiger partial charge in [-0.15, -0.1) is 0 Å². The second kappa shape index (κ2) is 6.23. The maximum absolute atomic E-state index is 13.1. The van der Waals surface area contributed by atoms with Crippen molar-refractivity contribution in [1.29, 1.82) is 0 Å². The van der Waals surface area contributed by atoms with Gasteiger partial charge in [-0.2, -0.15) is 23.3 Å². The van der Waals surface area contributed by atoms with Gasteiger partial charge in [-0.25, -0.2) is 0 Å². The molecule has 2 heterocycles. The van der Waals surface area contributed by atoms with E-state index in [2.05, 4.69) is 26.0 Å². The van der Waals surface area contributed by atoms with Crippen LogP contribution in [0.25, 0.3) is 0 Å². The smallest absolute Gasteiger partial charge is 0.365 e. The minimum Gasteiger partial charge on any atom is -0.365 e. The van der Waals surface area contributed by atoms with Gasteiger partial charge in [0.25, 0.3) is 5.91 Å². The van der Waals surface area contributed by atoms with Crippen molar-refractivity contribution in [1.82, 2.24) is 9.99 Å². The molecule has 130 valence electrons. The Bertz CT molecular complexity index is 842. The molecule has 2 aromatic rings. The van der Waals surface area contributed by atoms with Crippen molar-refractivity contribution in [3.63, 3.8) is 0 Å². The molecule has 1 amide bonds. The van der Waals surface area contributed by atoms with Crippen LogP contribution in [0.3, 0.4) is 0 Å². The standard InChI is InChI=1S/C16H11BrF3N3O2/c17-12-5-1-3-10(7-12)14(24)23-15(25,11-4-2-6-21-9-11)8-13(22-23)16(18,19)20/h1-7,9,25H,8H2/t15-/m1/s1. The monoisotopic (exact) mass is 413 g/mol. The summed E-state index contributed by atoms with van der Waals surface area (Å²) in [7, 11) is 0. The number of rotatable bonds is 2. The molecule has 0 spiro atoms. The van der Waals surface area contributed by atoms with Gasteiger partial charge in [-0.3, -0.25) is 9.78 Å². The number of carbonyl (C=O) groups excluding carboxylic acids is 1. The molecule has 0 aliphatic carbocycles. The summed E-state index contributed by atoms with van der Waals surface area (Å²) in [6, 6.07) is 8.94. The largest absolute Gasteiger partial charge is 0.431 e. The summed E-state index contributed by atoms with van der Waals surface area (Å²) in [6.45, 7) is 0. The van der Waals surface area contributed by atoms with E-state index in [9.17, 15) is 23.1 Å². The number of carbonyl (C=O) groups is 1. The number of halogens is 4. The summed E-state index contributed by atoms with van der Waals surface area (Å²) >= 11 is 3.20. The Kier molecular flexibility index (Phi) is 4.38. The molecule has 25 heavy (non-hydrogen) atoms. The number of hydrogen-bond acceptors (Lipinski definition) is 4. The van der Waals surface area contributed by atoms with Crippen LogP contribution < -0.4 is 0 Å². The van der Waals surface area contributed by atoms with Crippen LogP contribution >= 0.6 is 15.9 Å². The van der Waals surface area contributed by atoms with Crippen LogP contribution in [0.15, 0.2) is 58.4 Å². The van der Waals surface area contributed by atoms with E-state index >= 15 is 0 Å². The second-order valence-corrected chi connectivity index (χ2v) is 6.32. The van der Waals surface area contributed by atoms with Gasteiger partial charge in [0.2, 0.25) is 0 Å². The van der Waals surface area contributed by atoms with E-state index in [1.165, 1.54) is 36.7 Å². The number of nitrogens with zero attached hydrogens (tertiary/aromatic N) is 3. The lowest BCUT2D eigenvalue weighted by molar-refractivity contribution is -0.0817. The van der Waals surface area contributed by atoms with E-state index in [4.69, 9.17) is 0 Å². The molecule has 1 N–H and O–H groups in total. The van der Waals surface area contributed by atoms with Crippen molar-refractivity contribution in [3.8, 4) is 0 Å². The maximum atomic E-state index is 13.1. The SMILES string of the molecule is O=C(c1cccc(Br)c1)N1N=C(C(F)(F)F)C[C@@]1(O)c1cccnc1. The number of hydrogen-bond donors (Lipinski definition) is 1. The molecule has 1 atom stereocenters. The van der Waals surface area contributed by atoms with Crippen LogP contribution in [0.4, 0.5) is 13.2 Å². The van der Waals surface area contributed by atoms with Crippen LogP contribution in [-0.2, 0) is 5.72 Å². The van der Waals surface area contributed by atoms with Crippen molar-refractivity contribution in [2.45, 2.75) is 18.3 Å². The zero-order valence-electron chi connectivity index (χ0n) is 12.5. The molecule has 0 unspecified atom stereocenters. The number of hydrazone groups is 1. The molecule has 0 bridgehead atoms. The molecule has 0 saturated heterocycles. The molecule has 0 radical (unpaired) electrons. The average molecular weight is 414 g/mol. The van der Waals surface area contributed by atoms with Crippen LogP contribution in [0.2, 0.25) is 0 Å². The number of pyridine rings is 1. The molecular formula is C16H11BrF3N3O2. The Morgan fingerprint density at radius 3 is 2.64 bits per heavy atom. The fourth-order valence-corrected chi connectivity index (χ4v) is 2.88. The number of aliphatic hydroxyl groups is 1. The lowest BCUT2D eigenvalue weighted by Crippen LogP contribution is -2.43. The molecule has 1 aromatic carbocycles. The third-order valence-corrected chi connectivity index (χ3v) is 4.19. The molecule has 1 aromatic heterocycles. The first-order chi connectivity index (χ1) is 11.7. The molecule has 5 nitrogen and oxygen atoms in total. The lowest BCUT2D eigenvalue weighted by atomic mass is 9.98. The zero-order valence-corrected chi connectivity index (χ0v) is 14.1. The van der Waals surface area contributed by atoms with Gasteiger partial charge in [-0.05, 0) is 24.3 Å². The minimum atomic E-state index is -4.76. The average Bonchev–Trinajstić information content (AvgIpc) is 2.94. The van der Waals surface area contributed by atoms with E-state index in [1.54, 1.807) is 12.1 Å². The summed E-state index contributed by atoms with van der Waals surface area (Å²) in [5.74, 6) is -0.855. The highest BCUT2D eigenvalue weighted by Crippen LogP contribution is 2.40. The summed E-state index contributed by atoms with van der Waals surface area (Å²) < 4.78 is 39.9. The van der Waals surface area contributed by atoms with Gasteiger partial charge >= 0.3 is 6.18 Å². The Labute approximate surface area is 148 Å². The topological polar surface area (TPSA) is 65.8 Å². The number of benzene rings is 1. The number of alkyl halides is 3. The summed E-state index contributed by atoms with van der Waals surface area (Å²) in [5, 5.41) is 14.7. The number of aromatic nitrogens is 1. The molecule has 0 saturated carbocycles. The molecule has 9 heteroatoms. The van der Waals surface area contributed by atoms with Crippen LogP contribution in [0, 0.1) is 0 Å². The number of amides is 1. The quantitative estimate of drug-likeness (QED) is 0.819. The molecular weight excluding hydrogens is 403 g/mol. The highest BCUT2D eigenvalue weighted by Gasteiger charge is 2.53. The van der Waals surface area contributed by atoms with Gasteiger partial charge in [0, 0.05) is 28.0 Å². The van der Waals surface area contributed by atoms with E-state index < -0.39 is 29.9 Å². The maximum Gasteiger partial charge on any atom is 0.431 e. The molecule has 1 aliphatic rings. The first-order valence-corrected chi connectivity index (χ1v) is 7.89. The van der Waals surface area contributed by atoms with Gasteiger partial charge < -0.3 is 5.11 Å². The highest BCUT2D eigenvalue weighted by atomic mass is 79.9. The predicted molar refractivity (Wildman–Crippen MR) is 86.6 cm³/mol. The fraction of sp³-hybridized carbons (Fsp3) is 0.188. The third-order valence-electron chi connectivity index (χ3n) is 3.70. The minimum absolute atomic E-state index is 0.0429. The van der Waals surface area contributed by atoms with Crippen molar-refractivity contribution >= 4 is 27.5 Å². The van der Waals surface area contributed by atoms with E-state index in [1.807, 2.05) is 0 Å². The van der Waals surface area contributed by atoms with Crippen molar-refractivity contribution in [2.75, 3.05) is 0 Å². The highest BCUT2D eigenvalue weighted by molar-refractivity contribution is 9.10. The first-order valence-electron chi connectivity index (χ1n) is 7.09. The van der Waals surface area contributed by atoms with Crippen LogP contribution in [-0.4, -0.2) is 32.9 Å². The normalized spacial score (nSPS) is 20.5. The van der Waals surface area contributed by atoms with Crippen LogP contribution in [0.1, 0.15) is 22.3 Å². The van der Waals surface area contributed by atoms with Crippen LogP contribution in [0.5, 0.6) is 0 Å². The van der Waals surface area contributed by atoms with Gasteiger partial charge in [0.1, 0.15) is 5.71 Å². The predicted octanol–water partition coefficient (Wildman–Crippen LogP) is 3.45. The lowest BCUT2D eigenvalue weighted by Gasteiger charge is -2.31. The second-order valence-electron chi connectivity index (χ2n) is 5.41. The fourth-order valence-electron chi connectivity index (χ4n) is 2.49. The van der Waals surface area contributed by atoms with Crippen molar-refractivity contribution in [2.24, 2.45) is 5.10 Å². The van der Waals surface area contributed by atoms with Crippen molar-refractivity contribution < 1.29 is 23.1 Å². The van der Waals surface area contributed by atoms with E-state index in [0.29, 0.717) is 9.48 Å². The van der Waals surface area contributed by atoms with E-state index in [0.717, 1.165) is 0 Å². The zero-order chi connectivity index (χ0) is 18.2. The van der Waals surface area contributed by atoms with E-state index in [-0.39, 0.29) is 11.1 Å². The molecule has 1 aliphatic heterocycles. The summed E-state index contributed by atoms with van der Waals surface area (Å²) in [4.78, 5) is 16.5. The summed E-state index contributed by atoms with van der Waals surface area (Å²) in [5.41, 5.74) is -3.37. The molecule has 0 fully saturated rings. The Morgan fingerprint density at radius 2 is 2.04 bits per heavy atom. The van der Waals surface area contributed by atoms with Crippen molar-refractivity contribution in [3.05, 3.63) is 64.4 Å². The third kappa shape index (κ3) is 3.29. The first kappa shape index (κ1) is 17.6. The Hall–Kier alpha value is -2.26. The van der Waals surface area contributed by atoms with Gasteiger partial charge in [0.05, 0.1) is 6.42 Å². The molecule has 3 rings (SSSR count).